The highest BCUT2D eigenvalue weighted by Gasteiger charge is 2.35. The van der Waals surface area contributed by atoms with Gasteiger partial charge in [0.2, 0.25) is 11.8 Å². The molecular weight excluding hydrogens is 617 g/mol. The third-order valence-corrected chi connectivity index (χ3v) is 10.2. The van der Waals surface area contributed by atoms with Crippen LogP contribution < -0.4 is 9.62 Å². The molecule has 0 aromatic heterocycles. The second kappa shape index (κ2) is 14.6. The van der Waals surface area contributed by atoms with Gasteiger partial charge in [-0.25, -0.2) is 8.42 Å². The van der Waals surface area contributed by atoms with E-state index < -0.39 is 28.5 Å². The van der Waals surface area contributed by atoms with Crippen LogP contribution in [0.1, 0.15) is 51.0 Å². The summed E-state index contributed by atoms with van der Waals surface area (Å²) in [5.74, 6) is -0.823. The van der Waals surface area contributed by atoms with Gasteiger partial charge in [0, 0.05) is 17.6 Å². The molecule has 1 aliphatic rings. The van der Waals surface area contributed by atoms with Crippen LogP contribution >= 0.6 is 34.8 Å². The van der Waals surface area contributed by atoms with E-state index in [0.29, 0.717) is 11.4 Å². The minimum Gasteiger partial charge on any atom is -0.352 e. The van der Waals surface area contributed by atoms with Crippen molar-refractivity contribution in [1.82, 2.24) is 10.2 Å². The third-order valence-electron chi connectivity index (χ3n) is 7.41. The average Bonchev–Trinajstić information content (AvgIpc) is 2.99. The number of carbonyl (C=O) groups is 2. The van der Waals surface area contributed by atoms with Crippen LogP contribution in [0.25, 0.3) is 0 Å². The Labute approximate surface area is 262 Å². The molecule has 42 heavy (non-hydrogen) atoms. The van der Waals surface area contributed by atoms with Crippen molar-refractivity contribution in [2.75, 3.05) is 10.8 Å². The molecule has 3 aromatic carbocycles. The summed E-state index contributed by atoms with van der Waals surface area (Å²) in [6.45, 7) is 1.31. The second-order valence-corrected chi connectivity index (χ2v) is 13.4. The molecular formula is C31H34Cl3N3O4S. The third kappa shape index (κ3) is 7.78. The number of nitrogens with zero attached hydrogens (tertiary/aromatic N) is 2. The van der Waals surface area contributed by atoms with Gasteiger partial charge in [-0.05, 0) is 61.2 Å². The number of anilines is 1. The zero-order valence-electron chi connectivity index (χ0n) is 23.3. The first-order valence-electron chi connectivity index (χ1n) is 14.0. The number of carbonyl (C=O) groups excluding carboxylic acids is 2. The van der Waals surface area contributed by atoms with Gasteiger partial charge >= 0.3 is 0 Å². The van der Waals surface area contributed by atoms with Crippen molar-refractivity contribution in [2.45, 2.75) is 69.0 Å². The van der Waals surface area contributed by atoms with Gasteiger partial charge in [0.05, 0.1) is 20.6 Å². The normalized spacial score (nSPS) is 14.7. The first-order valence-corrected chi connectivity index (χ1v) is 16.5. The van der Waals surface area contributed by atoms with E-state index in [4.69, 9.17) is 34.8 Å². The van der Waals surface area contributed by atoms with Gasteiger partial charge in [0.15, 0.2) is 0 Å². The molecule has 1 fully saturated rings. The Kier molecular flexibility index (Phi) is 11.2. The predicted octanol–water partition coefficient (Wildman–Crippen LogP) is 7.10. The van der Waals surface area contributed by atoms with Gasteiger partial charge in [0.1, 0.15) is 12.6 Å². The molecule has 0 aliphatic heterocycles. The van der Waals surface area contributed by atoms with Gasteiger partial charge in [-0.2, -0.15) is 0 Å². The van der Waals surface area contributed by atoms with Crippen molar-refractivity contribution in [3.63, 3.8) is 0 Å². The molecule has 0 spiro atoms. The first-order chi connectivity index (χ1) is 20.1. The van der Waals surface area contributed by atoms with Crippen LogP contribution in [-0.4, -0.2) is 43.8 Å². The fourth-order valence-electron chi connectivity index (χ4n) is 5.17. The van der Waals surface area contributed by atoms with Crippen LogP contribution in [0, 0.1) is 0 Å². The van der Waals surface area contributed by atoms with Crippen molar-refractivity contribution in [3.05, 3.63) is 93.4 Å². The molecule has 1 atom stereocenters. The number of hydrogen-bond acceptors (Lipinski definition) is 4. The van der Waals surface area contributed by atoms with E-state index in [9.17, 15) is 18.0 Å². The molecule has 7 nitrogen and oxygen atoms in total. The summed E-state index contributed by atoms with van der Waals surface area (Å²) in [4.78, 5) is 29.2. The van der Waals surface area contributed by atoms with E-state index in [2.05, 4.69) is 5.32 Å². The smallest absolute Gasteiger partial charge is 0.264 e. The minimum atomic E-state index is -4.25. The summed E-state index contributed by atoms with van der Waals surface area (Å²) in [6.07, 6.45) is 5.35. The lowest BCUT2D eigenvalue weighted by Crippen LogP contribution is -2.54. The molecule has 1 N–H and O–H groups in total. The van der Waals surface area contributed by atoms with Gasteiger partial charge in [-0.1, -0.05) is 97.4 Å². The van der Waals surface area contributed by atoms with Crippen LogP contribution in [0.5, 0.6) is 0 Å². The summed E-state index contributed by atoms with van der Waals surface area (Å²) in [5, 5.41) is 3.81. The fourth-order valence-corrected chi connectivity index (χ4v) is 7.19. The second-order valence-electron chi connectivity index (χ2n) is 10.3. The SMILES string of the molecule is CCC(C(=O)NC1CCCCC1)N(Cc1ccc(Cl)cc1)C(=O)CN(c1cccc(Cl)c1Cl)S(=O)(=O)c1ccccc1. The van der Waals surface area contributed by atoms with E-state index in [1.165, 1.54) is 29.2 Å². The van der Waals surface area contributed by atoms with Gasteiger partial charge in [0.25, 0.3) is 10.0 Å². The molecule has 1 unspecified atom stereocenters. The highest BCUT2D eigenvalue weighted by atomic mass is 35.5. The molecule has 0 radical (unpaired) electrons. The molecule has 4 rings (SSSR count). The maximum absolute atomic E-state index is 14.2. The van der Waals surface area contributed by atoms with E-state index in [1.54, 1.807) is 48.5 Å². The highest BCUT2D eigenvalue weighted by molar-refractivity contribution is 7.92. The Morgan fingerprint density at radius 2 is 1.57 bits per heavy atom. The van der Waals surface area contributed by atoms with Crippen molar-refractivity contribution in [3.8, 4) is 0 Å². The van der Waals surface area contributed by atoms with Crippen LogP contribution in [-0.2, 0) is 26.2 Å². The average molecular weight is 651 g/mol. The van der Waals surface area contributed by atoms with Crippen LogP contribution in [0.3, 0.4) is 0 Å². The first kappa shape index (κ1) is 32.1. The lowest BCUT2D eigenvalue weighted by atomic mass is 9.95. The van der Waals surface area contributed by atoms with E-state index in [-0.39, 0.29) is 39.1 Å². The summed E-state index contributed by atoms with van der Waals surface area (Å²) < 4.78 is 28.8. The number of nitrogens with one attached hydrogen (secondary N) is 1. The Morgan fingerprint density at radius 1 is 0.905 bits per heavy atom. The molecule has 1 saturated carbocycles. The van der Waals surface area contributed by atoms with Crippen LogP contribution in [0.15, 0.2) is 77.7 Å². The van der Waals surface area contributed by atoms with E-state index in [0.717, 1.165) is 42.0 Å². The van der Waals surface area contributed by atoms with Crippen molar-refractivity contribution < 1.29 is 18.0 Å². The molecule has 3 aromatic rings. The molecule has 0 heterocycles. The monoisotopic (exact) mass is 649 g/mol. The maximum Gasteiger partial charge on any atom is 0.264 e. The number of halogens is 3. The molecule has 0 saturated heterocycles. The van der Waals surface area contributed by atoms with Crippen LogP contribution in [0.2, 0.25) is 15.1 Å². The predicted molar refractivity (Wildman–Crippen MR) is 169 cm³/mol. The molecule has 0 bridgehead atoms. The van der Waals surface area contributed by atoms with Crippen molar-refractivity contribution >= 4 is 62.3 Å². The Bertz CT molecular complexity index is 1480. The van der Waals surface area contributed by atoms with Crippen molar-refractivity contribution in [1.29, 1.82) is 0 Å². The van der Waals surface area contributed by atoms with Gasteiger partial charge in [-0.3, -0.25) is 13.9 Å². The largest absolute Gasteiger partial charge is 0.352 e. The topological polar surface area (TPSA) is 86.8 Å². The van der Waals surface area contributed by atoms with E-state index >= 15 is 0 Å². The number of rotatable bonds is 11. The summed E-state index contributed by atoms with van der Waals surface area (Å²) >= 11 is 18.9. The lowest BCUT2D eigenvalue weighted by molar-refractivity contribution is -0.140. The maximum atomic E-state index is 14.2. The highest BCUT2D eigenvalue weighted by Crippen LogP contribution is 2.35. The number of benzene rings is 3. The summed E-state index contributed by atoms with van der Waals surface area (Å²) in [7, 11) is -4.25. The van der Waals surface area contributed by atoms with Gasteiger partial charge < -0.3 is 10.2 Å². The zero-order chi connectivity index (χ0) is 30.3. The molecule has 11 heteroatoms. The lowest BCUT2D eigenvalue weighted by Gasteiger charge is -2.34. The van der Waals surface area contributed by atoms with Crippen molar-refractivity contribution in [2.24, 2.45) is 0 Å². The van der Waals surface area contributed by atoms with Gasteiger partial charge in [-0.15, -0.1) is 0 Å². The Hall–Kier alpha value is -2.78. The Morgan fingerprint density at radius 3 is 2.21 bits per heavy atom. The standard InChI is InChI=1S/C31H34Cl3N3O4S/c1-2-27(31(39)35-24-10-5-3-6-11-24)36(20-22-16-18-23(32)19-17-22)29(38)21-37(28-15-9-14-26(33)30(28)34)42(40,41)25-12-7-4-8-13-25/h4,7-9,12-19,24,27H,2-3,5-6,10-11,20-21H2,1H3,(H,35,39). The number of amides is 2. The number of hydrogen-bond donors (Lipinski definition) is 1. The molecule has 2 amide bonds. The number of sulfonamides is 1. The minimum absolute atomic E-state index is 0.00203. The quantitative estimate of drug-likeness (QED) is 0.240. The van der Waals surface area contributed by atoms with Crippen LogP contribution in [0.4, 0.5) is 5.69 Å². The summed E-state index contributed by atoms with van der Waals surface area (Å²) in [5.41, 5.74) is 0.808. The fraction of sp³-hybridized carbons (Fsp3) is 0.355. The zero-order valence-corrected chi connectivity index (χ0v) is 26.4. The summed E-state index contributed by atoms with van der Waals surface area (Å²) in [6, 6.07) is 18.6. The Balaban J connectivity index is 1.72. The molecule has 1 aliphatic carbocycles. The van der Waals surface area contributed by atoms with E-state index in [1.807, 2.05) is 6.92 Å². The molecule has 224 valence electrons.